The highest BCUT2D eigenvalue weighted by molar-refractivity contribution is 5.74. The molecule has 2 unspecified atom stereocenters. The molecule has 2 amide bonds. The molecule has 25 heavy (non-hydrogen) atoms. The Balaban J connectivity index is 1.46. The summed E-state index contributed by atoms with van der Waals surface area (Å²) in [4.78, 5) is 12.3. The number of nitrogens with zero attached hydrogens (tertiary/aromatic N) is 3. The summed E-state index contributed by atoms with van der Waals surface area (Å²) in [7, 11) is 0. The summed E-state index contributed by atoms with van der Waals surface area (Å²) in [5.41, 5.74) is 0.0706. The number of hydrogen-bond acceptors (Lipinski definition) is 4. The molecule has 1 saturated carbocycles. The summed E-state index contributed by atoms with van der Waals surface area (Å²) < 4.78 is 8.05. The molecule has 0 spiro atoms. The number of carbonyl (C=O) groups excluding carboxylic acids is 1. The van der Waals surface area contributed by atoms with Crippen LogP contribution in [0.15, 0.2) is 0 Å². The third-order valence-electron chi connectivity index (χ3n) is 6.09. The second-order valence-electron chi connectivity index (χ2n) is 7.11. The Morgan fingerprint density at radius 3 is 2.84 bits per heavy atom. The summed E-state index contributed by atoms with van der Waals surface area (Å²) in [6.07, 6.45) is 6.08. The quantitative estimate of drug-likeness (QED) is 0.753. The molecule has 1 aromatic rings. The Hall–Kier alpha value is -1.63. The van der Waals surface area contributed by atoms with Gasteiger partial charge in [0.1, 0.15) is 11.6 Å². The van der Waals surface area contributed by atoms with Crippen LogP contribution in [0.1, 0.15) is 58.1 Å². The van der Waals surface area contributed by atoms with Crippen LogP contribution in [0.4, 0.5) is 4.79 Å². The molecule has 0 bridgehead atoms. The molecule has 0 saturated heterocycles. The lowest BCUT2D eigenvalue weighted by atomic mass is 9.58. The number of hydrogen-bond donors (Lipinski definition) is 2. The maximum atomic E-state index is 12.3. The van der Waals surface area contributed by atoms with Crippen LogP contribution < -0.4 is 10.6 Å². The Bertz CT molecular complexity index is 596. The molecule has 2 heterocycles. The largest absolute Gasteiger partial charge is 0.378 e. The van der Waals surface area contributed by atoms with Crippen LogP contribution in [0.2, 0.25) is 0 Å². The molecular formula is C18H31N5O2. The fraction of sp³-hybridized carbons (Fsp3) is 0.833. The molecular weight excluding hydrogens is 318 g/mol. The smallest absolute Gasteiger partial charge is 0.315 e. The first-order valence-corrected chi connectivity index (χ1v) is 9.71. The van der Waals surface area contributed by atoms with E-state index in [0.717, 1.165) is 63.3 Å². The molecule has 1 aliphatic heterocycles. The second-order valence-corrected chi connectivity index (χ2v) is 7.11. The van der Waals surface area contributed by atoms with Crippen molar-refractivity contribution in [2.45, 2.75) is 78.0 Å². The van der Waals surface area contributed by atoms with Crippen LogP contribution in [-0.4, -0.2) is 46.1 Å². The lowest BCUT2D eigenvalue weighted by Gasteiger charge is -2.55. The molecule has 1 aromatic heterocycles. The molecule has 7 nitrogen and oxygen atoms in total. The van der Waals surface area contributed by atoms with E-state index in [2.05, 4.69) is 39.2 Å². The van der Waals surface area contributed by atoms with Crippen molar-refractivity contribution in [3.05, 3.63) is 11.6 Å². The third kappa shape index (κ3) is 3.38. The van der Waals surface area contributed by atoms with Gasteiger partial charge in [0.25, 0.3) is 0 Å². The number of urea groups is 1. The SMILES string of the molecule is CCOC1CC(NC(=O)NCCc2nnc3n2CCC3)C1(CC)CC. The fourth-order valence-corrected chi connectivity index (χ4v) is 4.48. The van der Waals surface area contributed by atoms with Gasteiger partial charge in [0.15, 0.2) is 0 Å². The predicted octanol–water partition coefficient (Wildman–Crippen LogP) is 2.05. The summed E-state index contributed by atoms with van der Waals surface area (Å²) >= 11 is 0. The van der Waals surface area contributed by atoms with Crippen LogP contribution in [-0.2, 0) is 24.1 Å². The van der Waals surface area contributed by atoms with E-state index < -0.39 is 0 Å². The van der Waals surface area contributed by atoms with Crippen LogP contribution in [0.3, 0.4) is 0 Å². The zero-order valence-corrected chi connectivity index (χ0v) is 15.7. The van der Waals surface area contributed by atoms with Gasteiger partial charge in [-0.2, -0.15) is 0 Å². The average Bonchev–Trinajstić information content (AvgIpc) is 3.20. The van der Waals surface area contributed by atoms with Gasteiger partial charge in [-0.25, -0.2) is 4.79 Å². The van der Waals surface area contributed by atoms with Crippen LogP contribution in [0, 0.1) is 5.41 Å². The first kappa shape index (κ1) is 18.2. The lowest BCUT2D eigenvalue weighted by molar-refractivity contribution is -0.134. The van der Waals surface area contributed by atoms with Crippen molar-refractivity contribution in [2.24, 2.45) is 5.41 Å². The van der Waals surface area contributed by atoms with Crippen LogP contribution >= 0.6 is 0 Å². The predicted molar refractivity (Wildman–Crippen MR) is 95.4 cm³/mol. The van der Waals surface area contributed by atoms with Gasteiger partial charge in [-0.3, -0.25) is 0 Å². The average molecular weight is 349 g/mol. The Morgan fingerprint density at radius 2 is 2.12 bits per heavy atom. The number of aromatic nitrogens is 3. The first-order chi connectivity index (χ1) is 12.1. The minimum absolute atomic E-state index is 0.0706. The van der Waals surface area contributed by atoms with E-state index in [1.807, 2.05) is 6.92 Å². The zero-order chi connectivity index (χ0) is 17.9. The Morgan fingerprint density at radius 1 is 1.32 bits per heavy atom. The molecule has 3 rings (SSSR count). The summed E-state index contributed by atoms with van der Waals surface area (Å²) in [5, 5.41) is 14.6. The number of rotatable bonds is 8. The van der Waals surface area contributed by atoms with Gasteiger partial charge in [-0.05, 0) is 32.6 Å². The van der Waals surface area contributed by atoms with Crippen molar-refractivity contribution >= 4 is 6.03 Å². The zero-order valence-electron chi connectivity index (χ0n) is 15.7. The van der Waals surface area contributed by atoms with E-state index in [0.29, 0.717) is 6.54 Å². The van der Waals surface area contributed by atoms with Gasteiger partial charge in [0.05, 0.1) is 6.10 Å². The molecule has 1 aliphatic carbocycles. The highest BCUT2D eigenvalue weighted by Gasteiger charge is 2.53. The number of nitrogens with one attached hydrogen (secondary N) is 2. The van der Waals surface area contributed by atoms with E-state index in [1.54, 1.807) is 0 Å². The molecule has 2 N–H and O–H groups in total. The molecule has 0 radical (unpaired) electrons. The van der Waals surface area contributed by atoms with Crippen molar-refractivity contribution in [1.29, 1.82) is 0 Å². The van der Waals surface area contributed by atoms with Crippen molar-refractivity contribution in [3.63, 3.8) is 0 Å². The highest BCUT2D eigenvalue weighted by atomic mass is 16.5. The number of fused-ring (bicyclic) bond motifs is 1. The topological polar surface area (TPSA) is 81.1 Å². The Kier molecular flexibility index (Phi) is 5.61. The van der Waals surface area contributed by atoms with Crippen LogP contribution in [0.25, 0.3) is 0 Å². The monoisotopic (exact) mass is 349 g/mol. The standard InChI is InChI=1S/C18H31N5O2/c1-4-18(5-2)13(12-14(18)25-6-3)20-17(24)19-10-9-16-22-21-15-8-7-11-23(15)16/h13-14H,4-12H2,1-3H3,(H2,19,20,24). The van der Waals surface area contributed by atoms with Crippen molar-refractivity contribution in [2.75, 3.05) is 13.2 Å². The van der Waals surface area contributed by atoms with Gasteiger partial charge < -0.3 is 19.9 Å². The maximum absolute atomic E-state index is 12.3. The van der Waals surface area contributed by atoms with E-state index in [4.69, 9.17) is 4.74 Å². The fourth-order valence-electron chi connectivity index (χ4n) is 4.48. The normalized spacial score (nSPS) is 23.8. The summed E-state index contributed by atoms with van der Waals surface area (Å²) in [6.45, 7) is 8.72. The van der Waals surface area contributed by atoms with Crippen LogP contribution in [0.5, 0.6) is 0 Å². The second kappa shape index (κ2) is 7.72. The molecule has 2 aliphatic rings. The number of aryl methyl sites for hydroxylation is 1. The van der Waals surface area contributed by atoms with Gasteiger partial charge in [0, 0.05) is 44.0 Å². The third-order valence-corrected chi connectivity index (χ3v) is 6.09. The number of amides is 2. The molecule has 1 fully saturated rings. The lowest BCUT2D eigenvalue weighted by Crippen LogP contribution is -2.65. The van der Waals surface area contributed by atoms with E-state index in [-0.39, 0.29) is 23.6 Å². The number of ether oxygens (including phenoxy) is 1. The molecule has 7 heteroatoms. The van der Waals surface area contributed by atoms with Gasteiger partial charge >= 0.3 is 6.03 Å². The van der Waals surface area contributed by atoms with E-state index in [9.17, 15) is 4.79 Å². The van der Waals surface area contributed by atoms with Crippen molar-refractivity contribution < 1.29 is 9.53 Å². The first-order valence-electron chi connectivity index (χ1n) is 9.71. The number of carbonyl (C=O) groups is 1. The van der Waals surface area contributed by atoms with E-state index >= 15 is 0 Å². The molecule has 0 aromatic carbocycles. The summed E-state index contributed by atoms with van der Waals surface area (Å²) in [6, 6.07) is 0.101. The minimum Gasteiger partial charge on any atom is -0.378 e. The van der Waals surface area contributed by atoms with Gasteiger partial charge in [-0.15, -0.1) is 10.2 Å². The van der Waals surface area contributed by atoms with Crippen molar-refractivity contribution in [3.8, 4) is 0 Å². The molecule has 140 valence electrons. The van der Waals surface area contributed by atoms with Gasteiger partial charge in [0.2, 0.25) is 0 Å². The van der Waals surface area contributed by atoms with Crippen molar-refractivity contribution in [1.82, 2.24) is 25.4 Å². The Labute approximate surface area is 149 Å². The maximum Gasteiger partial charge on any atom is 0.315 e. The molecule has 2 atom stereocenters. The summed E-state index contributed by atoms with van der Waals surface area (Å²) in [5.74, 6) is 2.05. The van der Waals surface area contributed by atoms with Gasteiger partial charge in [-0.1, -0.05) is 13.8 Å². The van der Waals surface area contributed by atoms with E-state index in [1.165, 1.54) is 0 Å². The minimum atomic E-state index is -0.0904. The highest BCUT2D eigenvalue weighted by Crippen LogP contribution is 2.48.